The minimum Gasteiger partial charge on any atom is -0.345 e. The highest BCUT2D eigenvalue weighted by molar-refractivity contribution is 7.92. The van der Waals surface area contributed by atoms with E-state index in [-0.39, 0.29) is 27.4 Å². The van der Waals surface area contributed by atoms with Crippen LogP contribution in [0.1, 0.15) is 23.2 Å². The molecule has 0 unspecified atom stereocenters. The van der Waals surface area contributed by atoms with Crippen molar-refractivity contribution >= 4 is 42.4 Å². The number of fused-ring (bicyclic) bond motifs is 1. The normalized spacial score (nSPS) is 17.5. The Bertz CT molecular complexity index is 1230. The summed E-state index contributed by atoms with van der Waals surface area (Å²) in [5.41, 5.74) is 1.02. The third-order valence-corrected chi connectivity index (χ3v) is 8.96. The summed E-state index contributed by atoms with van der Waals surface area (Å²) in [6, 6.07) is 11.1. The molecule has 9 heteroatoms. The fourth-order valence-electron chi connectivity index (χ4n) is 3.74. The first kappa shape index (κ1) is 19.4. The van der Waals surface area contributed by atoms with E-state index in [0.29, 0.717) is 39.0 Å². The lowest BCUT2D eigenvalue weighted by Crippen LogP contribution is -2.49. The maximum Gasteiger partial charge on any atom is 0.255 e. The number of amides is 1. The molecular formula is C21H20FN3O3S2. The van der Waals surface area contributed by atoms with Crippen molar-refractivity contribution < 1.29 is 17.6 Å². The Morgan fingerprint density at radius 2 is 1.80 bits per heavy atom. The molecule has 2 aliphatic rings. The summed E-state index contributed by atoms with van der Waals surface area (Å²) in [7, 11) is -3.45. The molecule has 1 aromatic heterocycles. The molecule has 1 aliphatic carbocycles. The summed E-state index contributed by atoms with van der Waals surface area (Å²) >= 11 is 1.43. The first-order valence-corrected chi connectivity index (χ1v) is 12.2. The van der Waals surface area contributed by atoms with Crippen LogP contribution < -0.4 is 4.90 Å². The zero-order chi connectivity index (χ0) is 20.9. The number of rotatable bonds is 4. The first-order chi connectivity index (χ1) is 14.4. The molecule has 0 radical (unpaired) electrons. The number of hydrogen-bond donors (Lipinski definition) is 0. The molecule has 6 nitrogen and oxygen atoms in total. The molecule has 156 valence electrons. The van der Waals surface area contributed by atoms with Gasteiger partial charge in [0.15, 0.2) is 15.0 Å². The average molecular weight is 446 g/mol. The predicted molar refractivity (Wildman–Crippen MR) is 114 cm³/mol. The molecule has 3 aromatic rings. The van der Waals surface area contributed by atoms with Gasteiger partial charge < -0.3 is 9.80 Å². The number of halogens is 1. The summed E-state index contributed by atoms with van der Waals surface area (Å²) in [6.45, 7) is 2.12. The predicted octanol–water partition coefficient (Wildman–Crippen LogP) is 3.33. The van der Waals surface area contributed by atoms with Gasteiger partial charge in [-0.05, 0) is 43.2 Å². The van der Waals surface area contributed by atoms with E-state index in [1.807, 2.05) is 0 Å². The number of thiazole rings is 1. The van der Waals surface area contributed by atoms with Crippen LogP contribution >= 0.6 is 11.3 Å². The summed E-state index contributed by atoms with van der Waals surface area (Å²) in [6.07, 6.45) is 1.32. The minimum atomic E-state index is -3.45. The summed E-state index contributed by atoms with van der Waals surface area (Å²) in [5, 5.41) is 0.451. The molecule has 1 aliphatic heterocycles. The fraction of sp³-hybridized carbons (Fsp3) is 0.333. The third kappa shape index (κ3) is 3.45. The summed E-state index contributed by atoms with van der Waals surface area (Å²) in [5.74, 6) is -0.534. The van der Waals surface area contributed by atoms with Gasteiger partial charge in [0.05, 0.1) is 25.9 Å². The molecule has 0 spiro atoms. The number of hydrogen-bond acceptors (Lipinski definition) is 6. The second-order valence-electron chi connectivity index (χ2n) is 7.63. The number of piperazine rings is 1. The molecular weight excluding hydrogens is 425 g/mol. The Labute approximate surface area is 177 Å². The van der Waals surface area contributed by atoms with Crippen LogP contribution in [0.2, 0.25) is 0 Å². The van der Waals surface area contributed by atoms with Crippen molar-refractivity contribution in [2.24, 2.45) is 0 Å². The van der Waals surface area contributed by atoms with Gasteiger partial charge >= 0.3 is 0 Å². The summed E-state index contributed by atoms with van der Waals surface area (Å²) < 4.78 is 39.7. The van der Waals surface area contributed by atoms with Gasteiger partial charge in [0, 0.05) is 26.2 Å². The number of aromatic nitrogens is 1. The number of nitrogens with zero attached hydrogens (tertiary/aromatic N) is 3. The zero-order valence-electron chi connectivity index (χ0n) is 16.1. The van der Waals surface area contributed by atoms with Crippen molar-refractivity contribution in [1.29, 1.82) is 0 Å². The quantitative estimate of drug-likeness (QED) is 0.616. The van der Waals surface area contributed by atoms with Crippen LogP contribution in [0.5, 0.6) is 0 Å². The van der Waals surface area contributed by atoms with Gasteiger partial charge in [0.2, 0.25) is 0 Å². The van der Waals surface area contributed by atoms with Crippen molar-refractivity contribution in [2.75, 3.05) is 31.1 Å². The molecule has 2 aromatic carbocycles. The van der Waals surface area contributed by atoms with E-state index in [2.05, 4.69) is 9.88 Å². The Balaban J connectivity index is 1.33. The molecule has 30 heavy (non-hydrogen) atoms. The number of carbonyl (C=O) groups is 1. The van der Waals surface area contributed by atoms with E-state index in [1.54, 1.807) is 29.2 Å². The highest BCUT2D eigenvalue weighted by Crippen LogP contribution is 2.35. The van der Waals surface area contributed by atoms with Gasteiger partial charge in [-0.3, -0.25) is 4.79 Å². The Hall–Kier alpha value is -2.52. The van der Waals surface area contributed by atoms with Crippen molar-refractivity contribution in [3.8, 4) is 0 Å². The van der Waals surface area contributed by atoms with Crippen LogP contribution in [0.4, 0.5) is 9.52 Å². The largest absolute Gasteiger partial charge is 0.345 e. The van der Waals surface area contributed by atoms with E-state index >= 15 is 0 Å². The Kier molecular flexibility index (Phi) is 4.74. The molecule has 2 fully saturated rings. The Morgan fingerprint density at radius 1 is 1.07 bits per heavy atom. The van der Waals surface area contributed by atoms with Gasteiger partial charge in [-0.25, -0.2) is 17.8 Å². The van der Waals surface area contributed by atoms with Crippen LogP contribution in [0.3, 0.4) is 0 Å². The average Bonchev–Trinajstić information content (AvgIpc) is 3.54. The van der Waals surface area contributed by atoms with Gasteiger partial charge in [-0.15, -0.1) is 0 Å². The standard InChI is InChI=1S/C21H20FN3O3S2/c22-14-5-8-17-18(13-14)29-21(23-17)25-11-9-24(10-12-25)20(26)16-3-1-2-4-19(16)30(27,28)15-6-7-15/h1-5,8,13,15H,6-7,9-12H2. The second kappa shape index (κ2) is 7.31. The van der Waals surface area contributed by atoms with Gasteiger partial charge in [-0.2, -0.15) is 0 Å². The highest BCUT2D eigenvalue weighted by atomic mass is 32.2. The lowest BCUT2D eigenvalue weighted by atomic mass is 10.2. The highest BCUT2D eigenvalue weighted by Gasteiger charge is 2.39. The monoisotopic (exact) mass is 445 g/mol. The summed E-state index contributed by atoms with van der Waals surface area (Å²) in [4.78, 5) is 21.6. The first-order valence-electron chi connectivity index (χ1n) is 9.87. The van der Waals surface area contributed by atoms with Crippen molar-refractivity contribution in [1.82, 2.24) is 9.88 Å². The molecule has 0 atom stereocenters. The number of benzene rings is 2. The van der Waals surface area contributed by atoms with Crippen LogP contribution in [0.25, 0.3) is 10.2 Å². The number of carbonyl (C=O) groups excluding carboxylic acids is 1. The topological polar surface area (TPSA) is 70.6 Å². The van der Waals surface area contributed by atoms with Crippen molar-refractivity contribution in [3.63, 3.8) is 0 Å². The van der Waals surface area contributed by atoms with E-state index in [4.69, 9.17) is 0 Å². The van der Waals surface area contributed by atoms with Crippen LogP contribution in [-0.4, -0.2) is 55.6 Å². The van der Waals surface area contributed by atoms with E-state index in [0.717, 1.165) is 15.3 Å². The minimum absolute atomic E-state index is 0.146. The number of anilines is 1. The smallest absolute Gasteiger partial charge is 0.255 e. The molecule has 5 rings (SSSR count). The SMILES string of the molecule is O=C(c1ccccc1S(=O)(=O)C1CC1)N1CCN(c2nc3ccc(F)cc3s2)CC1. The van der Waals surface area contributed by atoms with Crippen LogP contribution in [0.15, 0.2) is 47.4 Å². The molecule has 0 bridgehead atoms. The van der Waals surface area contributed by atoms with Crippen LogP contribution in [-0.2, 0) is 9.84 Å². The Morgan fingerprint density at radius 3 is 2.53 bits per heavy atom. The van der Waals surface area contributed by atoms with Gasteiger partial charge in [0.1, 0.15) is 5.82 Å². The molecule has 0 N–H and O–H groups in total. The van der Waals surface area contributed by atoms with Gasteiger partial charge in [0.25, 0.3) is 5.91 Å². The van der Waals surface area contributed by atoms with Crippen molar-refractivity contribution in [2.45, 2.75) is 23.0 Å². The lowest BCUT2D eigenvalue weighted by Gasteiger charge is -2.34. The third-order valence-electron chi connectivity index (χ3n) is 5.56. The van der Waals surface area contributed by atoms with E-state index in [1.165, 1.54) is 29.5 Å². The zero-order valence-corrected chi connectivity index (χ0v) is 17.8. The molecule has 1 amide bonds. The maximum atomic E-state index is 13.4. The van der Waals surface area contributed by atoms with E-state index in [9.17, 15) is 17.6 Å². The van der Waals surface area contributed by atoms with Crippen LogP contribution in [0, 0.1) is 5.82 Å². The van der Waals surface area contributed by atoms with E-state index < -0.39 is 9.84 Å². The molecule has 1 saturated carbocycles. The number of sulfone groups is 1. The molecule has 1 saturated heterocycles. The maximum absolute atomic E-state index is 13.4. The van der Waals surface area contributed by atoms with Crippen molar-refractivity contribution in [3.05, 3.63) is 53.8 Å². The molecule has 2 heterocycles. The fourth-order valence-corrected chi connectivity index (χ4v) is 6.63. The lowest BCUT2D eigenvalue weighted by molar-refractivity contribution is 0.0743. The second-order valence-corrected chi connectivity index (χ2v) is 10.8. The van der Waals surface area contributed by atoms with Gasteiger partial charge in [-0.1, -0.05) is 23.5 Å².